The minimum Gasteiger partial charge on any atom is -0.406 e. The summed E-state index contributed by atoms with van der Waals surface area (Å²) in [4.78, 5) is 42.6. The molecule has 0 fully saturated rings. The Hall–Kier alpha value is -3.22. The van der Waals surface area contributed by atoms with E-state index in [1.807, 2.05) is 0 Å². The number of aromatic nitrogens is 4. The Balaban J connectivity index is 1.84. The van der Waals surface area contributed by atoms with Gasteiger partial charge in [0.25, 0.3) is 5.56 Å². The number of aryl methyl sites for hydroxylation is 1. The molecule has 9 nitrogen and oxygen atoms in total. The lowest BCUT2D eigenvalue weighted by Crippen LogP contribution is -2.37. The molecule has 0 aliphatic heterocycles. The van der Waals surface area contributed by atoms with Crippen LogP contribution in [0.2, 0.25) is 0 Å². The van der Waals surface area contributed by atoms with E-state index >= 15 is 0 Å². The molecule has 1 N–H and O–H groups in total. The Kier molecular flexibility index (Phi) is 9.11. The van der Waals surface area contributed by atoms with E-state index in [0.717, 1.165) is 54.1 Å². The van der Waals surface area contributed by atoms with Crippen molar-refractivity contribution in [3.8, 4) is 5.75 Å². The van der Waals surface area contributed by atoms with Crippen LogP contribution in [0.25, 0.3) is 11.2 Å². The van der Waals surface area contributed by atoms with E-state index in [9.17, 15) is 27.6 Å². The maximum absolute atomic E-state index is 13.0. The summed E-state index contributed by atoms with van der Waals surface area (Å²) in [6.45, 7) is 4.71. The van der Waals surface area contributed by atoms with E-state index in [-0.39, 0.29) is 17.3 Å². The third kappa shape index (κ3) is 6.96. The summed E-state index contributed by atoms with van der Waals surface area (Å²) in [5.74, 6) is -0.587. The number of benzene rings is 1. The molecular formula is C24H30F3N5O4S. The van der Waals surface area contributed by atoms with E-state index in [2.05, 4.69) is 28.9 Å². The number of nitrogens with zero attached hydrogens (tertiary/aromatic N) is 4. The second-order valence-corrected chi connectivity index (χ2v) is 9.65. The molecule has 2 heterocycles. The van der Waals surface area contributed by atoms with Crippen molar-refractivity contribution in [2.45, 2.75) is 57.6 Å². The van der Waals surface area contributed by atoms with Gasteiger partial charge in [0.15, 0.2) is 16.3 Å². The van der Waals surface area contributed by atoms with E-state index in [4.69, 9.17) is 0 Å². The zero-order chi connectivity index (χ0) is 27.3. The molecule has 0 unspecified atom stereocenters. The van der Waals surface area contributed by atoms with Crippen molar-refractivity contribution < 1.29 is 22.7 Å². The quantitative estimate of drug-likeness (QED) is 0.364. The van der Waals surface area contributed by atoms with Crippen molar-refractivity contribution in [1.29, 1.82) is 0 Å². The normalized spacial score (nSPS) is 12.6. The van der Waals surface area contributed by atoms with Crippen molar-refractivity contribution in [2.75, 3.05) is 11.1 Å². The zero-order valence-corrected chi connectivity index (χ0v) is 21.9. The zero-order valence-electron chi connectivity index (χ0n) is 21.1. The minimum absolute atomic E-state index is 0.0653. The maximum atomic E-state index is 13.0. The van der Waals surface area contributed by atoms with Gasteiger partial charge in [0, 0.05) is 26.3 Å². The third-order valence-corrected chi connectivity index (χ3v) is 6.98. The molecule has 37 heavy (non-hydrogen) atoms. The lowest BCUT2D eigenvalue weighted by molar-refractivity contribution is -0.274. The minimum atomic E-state index is -4.80. The standard InChI is InChI=1S/C24H30F3N5O4S/c1-5-7-8-15(6-2)13-32-19-20(30(3)23(35)31(4)21(19)34)29-22(32)37-14-18(33)28-16-9-11-17(12-10-16)36-24(25,26)27/h9-12,15H,5-8,13-14H2,1-4H3,(H,28,33)/t15-/m1/s1. The van der Waals surface area contributed by atoms with Crippen LogP contribution in [0, 0.1) is 5.92 Å². The number of imidazole rings is 1. The number of carbonyl (C=O) groups is 1. The summed E-state index contributed by atoms with van der Waals surface area (Å²) in [6.07, 6.45) is -0.853. The Morgan fingerprint density at radius 2 is 1.81 bits per heavy atom. The van der Waals surface area contributed by atoms with Crippen LogP contribution < -0.4 is 21.3 Å². The second kappa shape index (κ2) is 11.9. The van der Waals surface area contributed by atoms with E-state index in [0.29, 0.717) is 22.9 Å². The number of alkyl halides is 3. The van der Waals surface area contributed by atoms with Crippen molar-refractivity contribution in [2.24, 2.45) is 20.0 Å². The predicted octanol–water partition coefficient (Wildman–Crippen LogP) is 4.28. The molecule has 202 valence electrons. The van der Waals surface area contributed by atoms with E-state index in [1.165, 1.54) is 23.7 Å². The monoisotopic (exact) mass is 541 g/mol. The molecule has 0 saturated carbocycles. The number of hydrogen-bond donors (Lipinski definition) is 1. The summed E-state index contributed by atoms with van der Waals surface area (Å²) >= 11 is 1.12. The van der Waals surface area contributed by atoms with Crippen LogP contribution in [-0.4, -0.2) is 36.7 Å². The van der Waals surface area contributed by atoms with Gasteiger partial charge in [-0.3, -0.25) is 18.7 Å². The van der Waals surface area contributed by atoms with Gasteiger partial charge in [0.05, 0.1) is 5.75 Å². The molecule has 1 atom stereocenters. The number of nitrogens with one attached hydrogen (secondary N) is 1. The van der Waals surface area contributed by atoms with Crippen LogP contribution in [0.15, 0.2) is 39.0 Å². The number of ether oxygens (including phenoxy) is 1. The molecule has 0 saturated heterocycles. The first-order chi connectivity index (χ1) is 17.4. The molecule has 0 bridgehead atoms. The fraction of sp³-hybridized carbons (Fsp3) is 0.500. The summed E-state index contributed by atoms with van der Waals surface area (Å²) in [7, 11) is 2.96. The molecule has 2 aromatic heterocycles. The van der Waals surface area contributed by atoms with E-state index < -0.39 is 29.3 Å². The highest BCUT2D eigenvalue weighted by Gasteiger charge is 2.31. The number of thioether (sulfide) groups is 1. The number of amides is 1. The van der Waals surface area contributed by atoms with Gasteiger partial charge >= 0.3 is 12.1 Å². The summed E-state index contributed by atoms with van der Waals surface area (Å²) in [6, 6.07) is 4.82. The number of fused-ring (bicyclic) bond motifs is 1. The largest absolute Gasteiger partial charge is 0.573 e. The number of halogens is 3. The Morgan fingerprint density at radius 1 is 1.14 bits per heavy atom. The van der Waals surface area contributed by atoms with Gasteiger partial charge < -0.3 is 14.6 Å². The van der Waals surface area contributed by atoms with Gasteiger partial charge in [0.2, 0.25) is 5.91 Å². The maximum Gasteiger partial charge on any atom is 0.573 e. The Bertz CT molecular complexity index is 1360. The molecule has 0 aliphatic carbocycles. The first kappa shape index (κ1) is 28.4. The highest BCUT2D eigenvalue weighted by atomic mass is 32.2. The first-order valence-corrected chi connectivity index (χ1v) is 12.9. The van der Waals surface area contributed by atoms with Crippen molar-refractivity contribution >= 4 is 34.5 Å². The second-order valence-electron chi connectivity index (χ2n) is 8.71. The molecule has 0 aliphatic rings. The number of rotatable bonds is 11. The highest BCUT2D eigenvalue weighted by molar-refractivity contribution is 7.99. The number of hydrogen-bond acceptors (Lipinski definition) is 6. The lowest BCUT2D eigenvalue weighted by Gasteiger charge is -2.17. The predicted molar refractivity (Wildman–Crippen MR) is 136 cm³/mol. The molecule has 3 aromatic rings. The van der Waals surface area contributed by atoms with Crippen molar-refractivity contribution in [3.05, 3.63) is 45.1 Å². The number of unbranched alkanes of at least 4 members (excludes halogenated alkanes) is 1. The van der Waals surface area contributed by atoms with Gasteiger partial charge in [-0.2, -0.15) is 0 Å². The average Bonchev–Trinajstić information content (AvgIpc) is 3.21. The summed E-state index contributed by atoms with van der Waals surface area (Å²) < 4.78 is 45.0. The molecule has 1 aromatic carbocycles. The summed E-state index contributed by atoms with van der Waals surface area (Å²) in [5.41, 5.74) is -0.0827. The van der Waals surface area contributed by atoms with E-state index in [1.54, 1.807) is 11.6 Å². The molecule has 0 spiro atoms. The topological polar surface area (TPSA) is 100 Å². The molecule has 1 amide bonds. The third-order valence-electron chi connectivity index (χ3n) is 6.00. The Labute approximate surface area is 215 Å². The van der Waals surface area contributed by atoms with Crippen LogP contribution >= 0.6 is 11.8 Å². The van der Waals surface area contributed by atoms with Crippen molar-refractivity contribution in [3.63, 3.8) is 0 Å². The average molecular weight is 542 g/mol. The highest BCUT2D eigenvalue weighted by Crippen LogP contribution is 2.27. The molecule has 13 heteroatoms. The van der Waals surface area contributed by atoms with Crippen LogP contribution in [0.4, 0.5) is 18.9 Å². The van der Waals surface area contributed by atoms with Gasteiger partial charge in [0.1, 0.15) is 5.75 Å². The first-order valence-electron chi connectivity index (χ1n) is 11.9. The molecule has 3 rings (SSSR count). The van der Waals surface area contributed by atoms with Crippen LogP contribution in [0.1, 0.15) is 39.5 Å². The fourth-order valence-corrected chi connectivity index (χ4v) is 4.75. The van der Waals surface area contributed by atoms with Gasteiger partial charge in [-0.1, -0.05) is 44.9 Å². The van der Waals surface area contributed by atoms with Crippen molar-refractivity contribution in [1.82, 2.24) is 18.7 Å². The number of carbonyl (C=O) groups excluding carboxylic acids is 1. The summed E-state index contributed by atoms with van der Waals surface area (Å²) in [5, 5.41) is 3.06. The molecule has 0 radical (unpaired) electrons. The lowest BCUT2D eigenvalue weighted by atomic mass is 9.99. The fourth-order valence-electron chi connectivity index (χ4n) is 3.95. The Morgan fingerprint density at radius 3 is 2.41 bits per heavy atom. The van der Waals surface area contributed by atoms with Gasteiger partial charge in [-0.25, -0.2) is 9.78 Å². The van der Waals surface area contributed by atoms with Crippen LogP contribution in [-0.2, 0) is 25.4 Å². The van der Waals surface area contributed by atoms with Gasteiger partial charge in [-0.05, 0) is 36.6 Å². The van der Waals surface area contributed by atoms with Crippen LogP contribution in [0.5, 0.6) is 5.75 Å². The smallest absolute Gasteiger partial charge is 0.406 e. The van der Waals surface area contributed by atoms with Gasteiger partial charge in [-0.15, -0.1) is 13.2 Å². The van der Waals surface area contributed by atoms with Crippen LogP contribution in [0.3, 0.4) is 0 Å². The SMILES string of the molecule is CCCC[C@@H](CC)Cn1c(SCC(=O)Nc2ccc(OC(F)(F)F)cc2)nc2c1c(=O)n(C)c(=O)n2C. The molecular weight excluding hydrogens is 511 g/mol. The number of anilines is 1.